The van der Waals surface area contributed by atoms with E-state index >= 15 is 0 Å². The molecular weight excluding hydrogens is 426 g/mol. The molecule has 2 aromatic carbocycles. The number of aromatic amines is 1. The van der Waals surface area contributed by atoms with Crippen molar-refractivity contribution in [2.45, 2.75) is 6.42 Å². The van der Waals surface area contributed by atoms with Gasteiger partial charge in [0.2, 0.25) is 0 Å². The first-order valence-corrected chi connectivity index (χ1v) is 12.7. The average Bonchev–Trinajstić information content (AvgIpc) is 2.83. The fourth-order valence-electron chi connectivity index (χ4n) is 4.29. The lowest BCUT2D eigenvalue weighted by Gasteiger charge is -2.40. The second-order valence-electron chi connectivity index (χ2n) is 8.05. The summed E-state index contributed by atoms with van der Waals surface area (Å²) in [5.41, 5.74) is 1.34. The Kier molecular flexibility index (Phi) is 5.45. The molecule has 3 heterocycles. The Bertz CT molecular complexity index is 1320. The second-order valence-corrected chi connectivity index (χ2v) is 11.3. The van der Waals surface area contributed by atoms with E-state index in [9.17, 15) is 14.1 Å². The van der Waals surface area contributed by atoms with E-state index in [1.807, 2.05) is 36.4 Å². The minimum Gasteiger partial charge on any atom is -0.375 e. The van der Waals surface area contributed by atoms with Gasteiger partial charge < -0.3 is 9.79 Å². The molecule has 1 aliphatic rings. The topological polar surface area (TPSA) is 82.1 Å². The van der Waals surface area contributed by atoms with Crippen LogP contribution in [0.15, 0.2) is 71.7 Å². The zero-order valence-corrected chi connectivity index (χ0v) is 18.3. The predicted molar refractivity (Wildman–Crippen MR) is 127 cm³/mol. The molecule has 2 N–H and O–H groups in total. The molecule has 32 heavy (non-hydrogen) atoms. The SMILES string of the molecule is O=c1[nH]nc(Cc2ccc(F)c([P]3(O)CCN(c4ccccn4)CC3)c2)c2ccccc12. The molecular formula is C24H23FN4O2P. The number of anilines is 1. The molecule has 6 nitrogen and oxygen atoms in total. The summed E-state index contributed by atoms with van der Waals surface area (Å²) in [5.74, 6) is 0.513. The van der Waals surface area contributed by atoms with Crippen LogP contribution in [0.5, 0.6) is 0 Å². The minimum absolute atomic E-state index is 0.232. The van der Waals surface area contributed by atoms with Crippen molar-refractivity contribution in [3.8, 4) is 0 Å². The Morgan fingerprint density at radius 1 is 1.03 bits per heavy atom. The van der Waals surface area contributed by atoms with Crippen LogP contribution in [0.3, 0.4) is 0 Å². The molecule has 5 rings (SSSR count). The van der Waals surface area contributed by atoms with Crippen molar-refractivity contribution in [2.24, 2.45) is 0 Å². The van der Waals surface area contributed by atoms with Crippen LogP contribution in [0, 0.1) is 5.82 Å². The molecule has 4 aromatic rings. The van der Waals surface area contributed by atoms with Crippen molar-refractivity contribution >= 4 is 29.4 Å². The second kappa shape index (κ2) is 8.41. The summed E-state index contributed by atoms with van der Waals surface area (Å²) in [6.45, 7) is 1.27. The van der Waals surface area contributed by atoms with E-state index in [4.69, 9.17) is 0 Å². The maximum Gasteiger partial charge on any atom is 0.272 e. The lowest BCUT2D eigenvalue weighted by atomic mass is 10.0. The third-order valence-corrected chi connectivity index (χ3v) is 9.18. The van der Waals surface area contributed by atoms with Gasteiger partial charge in [-0.25, -0.2) is 14.5 Å². The smallest absolute Gasteiger partial charge is 0.272 e. The molecule has 0 amide bonds. The molecule has 163 valence electrons. The average molecular weight is 449 g/mol. The number of nitrogens with zero attached hydrogens (tertiary/aromatic N) is 3. The zero-order valence-electron chi connectivity index (χ0n) is 17.4. The third kappa shape index (κ3) is 3.90. The Morgan fingerprint density at radius 2 is 1.78 bits per heavy atom. The van der Waals surface area contributed by atoms with Crippen molar-refractivity contribution in [3.05, 3.63) is 94.3 Å². The van der Waals surface area contributed by atoms with E-state index in [1.165, 1.54) is 6.07 Å². The standard InChI is InChI=1S/C24H23FN4O2P/c25-20-9-8-17(15-21-18-5-1-2-6-19(18)24(30)28-27-21)16-22(20)32(31)13-11-29(12-14-32)23-7-3-4-10-26-23/h1-10,16,31H,11-15H2,(H,28,30). The number of benzene rings is 2. The number of fused-ring (bicyclic) bond motifs is 1. The van der Waals surface area contributed by atoms with Gasteiger partial charge in [0.05, 0.1) is 11.1 Å². The first-order chi connectivity index (χ1) is 15.5. The first-order valence-electron chi connectivity index (χ1n) is 10.5. The molecule has 0 bridgehead atoms. The highest BCUT2D eigenvalue weighted by molar-refractivity contribution is 7.77. The van der Waals surface area contributed by atoms with Crippen LogP contribution < -0.4 is 15.8 Å². The normalized spacial score (nSPS) is 15.8. The number of H-pyrrole nitrogens is 1. The van der Waals surface area contributed by atoms with E-state index in [2.05, 4.69) is 20.1 Å². The maximum absolute atomic E-state index is 14.8. The van der Waals surface area contributed by atoms with Crippen LogP contribution in [-0.4, -0.2) is 45.5 Å². The highest BCUT2D eigenvalue weighted by Gasteiger charge is 2.35. The largest absolute Gasteiger partial charge is 0.375 e. The third-order valence-electron chi connectivity index (χ3n) is 6.06. The summed E-state index contributed by atoms with van der Waals surface area (Å²) in [7, 11) is -2.62. The van der Waals surface area contributed by atoms with Crippen LogP contribution in [0.2, 0.25) is 0 Å². The van der Waals surface area contributed by atoms with Crippen molar-refractivity contribution in [2.75, 3.05) is 30.3 Å². The van der Waals surface area contributed by atoms with Gasteiger partial charge in [-0.3, -0.25) is 4.79 Å². The van der Waals surface area contributed by atoms with Gasteiger partial charge in [0.1, 0.15) is 11.6 Å². The molecule has 1 radical (unpaired) electrons. The maximum atomic E-state index is 14.8. The van der Waals surface area contributed by atoms with Crippen molar-refractivity contribution in [1.29, 1.82) is 0 Å². The van der Waals surface area contributed by atoms with Gasteiger partial charge in [-0.2, -0.15) is 5.10 Å². The molecule has 8 heteroatoms. The first kappa shape index (κ1) is 20.7. The van der Waals surface area contributed by atoms with Crippen LogP contribution in [0.25, 0.3) is 10.8 Å². The van der Waals surface area contributed by atoms with Gasteiger partial charge >= 0.3 is 0 Å². The fourth-order valence-corrected chi connectivity index (χ4v) is 7.02. The number of hydrogen-bond acceptors (Lipinski definition) is 5. The predicted octanol–water partition coefficient (Wildman–Crippen LogP) is 3.12. The summed E-state index contributed by atoms with van der Waals surface area (Å²) >= 11 is 0. The molecule has 2 aromatic heterocycles. The zero-order chi connectivity index (χ0) is 22.1. The Hall–Kier alpha value is -3.15. The van der Waals surface area contributed by atoms with Crippen LogP contribution >= 0.6 is 7.49 Å². The minimum atomic E-state index is -2.62. The van der Waals surface area contributed by atoms with E-state index < -0.39 is 7.49 Å². The van der Waals surface area contributed by atoms with Gasteiger partial charge in [0, 0.05) is 56.2 Å². The van der Waals surface area contributed by atoms with Gasteiger partial charge in [-0.05, 0) is 35.9 Å². The summed E-state index contributed by atoms with van der Waals surface area (Å²) in [4.78, 5) is 30.0. The van der Waals surface area contributed by atoms with Gasteiger partial charge in [0.25, 0.3) is 5.56 Å². The monoisotopic (exact) mass is 449 g/mol. The number of hydrogen-bond donors (Lipinski definition) is 2. The summed E-state index contributed by atoms with van der Waals surface area (Å²) in [6.07, 6.45) is 3.22. The lowest BCUT2D eigenvalue weighted by Crippen LogP contribution is -2.40. The Labute approximate surface area is 185 Å². The number of rotatable bonds is 4. The van der Waals surface area contributed by atoms with Gasteiger partial charge in [0.15, 0.2) is 0 Å². The summed E-state index contributed by atoms with van der Waals surface area (Å²) in [5, 5.41) is 8.55. The van der Waals surface area contributed by atoms with E-state index in [1.54, 1.807) is 24.4 Å². The quantitative estimate of drug-likeness (QED) is 0.468. The summed E-state index contributed by atoms with van der Waals surface area (Å²) in [6, 6.07) is 18.0. The van der Waals surface area contributed by atoms with E-state index in [-0.39, 0.29) is 11.4 Å². The molecule has 1 aliphatic heterocycles. The summed E-state index contributed by atoms with van der Waals surface area (Å²) < 4.78 is 14.8. The van der Waals surface area contributed by atoms with Gasteiger partial charge in [-0.1, -0.05) is 30.3 Å². The van der Waals surface area contributed by atoms with Crippen LogP contribution in [0.1, 0.15) is 11.3 Å². The highest BCUT2D eigenvalue weighted by atomic mass is 31.2. The highest BCUT2D eigenvalue weighted by Crippen LogP contribution is 2.55. The number of pyridine rings is 1. The van der Waals surface area contributed by atoms with Crippen LogP contribution in [-0.2, 0) is 6.42 Å². The van der Waals surface area contributed by atoms with E-state index in [0.717, 1.165) is 16.8 Å². The van der Waals surface area contributed by atoms with Crippen molar-refractivity contribution in [1.82, 2.24) is 15.2 Å². The van der Waals surface area contributed by atoms with Gasteiger partial charge in [-0.15, -0.1) is 0 Å². The molecule has 0 aliphatic carbocycles. The van der Waals surface area contributed by atoms with E-state index in [0.29, 0.717) is 48.2 Å². The Balaban J connectivity index is 1.41. The van der Waals surface area contributed by atoms with Crippen molar-refractivity contribution in [3.63, 3.8) is 0 Å². The molecule has 0 spiro atoms. The van der Waals surface area contributed by atoms with Crippen LogP contribution in [0.4, 0.5) is 10.2 Å². The molecule has 1 fully saturated rings. The van der Waals surface area contributed by atoms with Crippen molar-refractivity contribution < 1.29 is 9.28 Å². The number of halogens is 1. The molecule has 0 saturated carbocycles. The molecule has 0 unspecified atom stereocenters. The molecule has 1 saturated heterocycles. The Morgan fingerprint density at radius 3 is 2.53 bits per heavy atom. The fraction of sp³-hybridized carbons (Fsp3) is 0.208. The lowest BCUT2D eigenvalue weighted by molar-refractivity contribution is 0.586. The number of aromatic nitrogens is 3. The molecule has 0 atom stereocenters. The number of nitrogens with one attached hydrogen (secondary N) is 1.